The first-order valence-corrected chi connectivity index (χ1v) is 8.96. The number of para-hydroxylation sites is 1. The Hall–Kier alpha value is -2.51. The van der Waals surface area contributed by atoms with Crippen molar-refractivity contribution in [3.8, 4) is 10.8 Å². The first-order chi connectivity index (χ1) is 12.2. The van der Waals surface area contributed by atoms with E-state index in [2.05, 4.69) is 22.4 Å². The minimum Gasteiger partial charge on any atom is -0.419 e. The van der Waals surface area contributed by atoms with E-state index < -0.39 is 0 Å². The summed E-state index contributed by atoms with van der Waals surface area (Å²) >= 11 is 1.55. The maximum Gasteiger partial charge on any atom is 0.257 e. The van der Waals surface area contributed by atoms with Crippen LogP contribution >= 0.6 is 11.3 Å². The molecule has 3 rings (SSSR count). The van der Waals surface area contributed by atoms with Crippen LogP contribution in [0.5, 0.6) is 0 Å². The zero-order valence-electron chi connectivity index (χ0n) is 14.2. The lowest BCUT2D eigenvalue weighted by atomic mass is 10.1. The van der Waals surface area contributed by atoms with Gasteiger partial charge in [0.15, 0.2) is 0 Å². The van der Waals surface area contributed by atoms with Gasteiger partial charge < -0.3 is 9.73 Å². The second-order valence-electron chi connectivity index (χ2n) is 5.71. The van der Waals surface area contributed by atoms with E-state index >= 15 is 0 Å². The van der Waals surface area contributed by atoms with Crippen molar-refractivity contribution in [2.45, 2.75) is 19.9 Å². The Kier molecular flexibility index (Phi) is 5.57. The third-order valence-corrected chi connectivity index (χ3v) is 4.55. The molecular formula is C18H20N4O2S. The summed E-state index contributed by atoms with van der Waals surface area (Å²) in [6.07, 6.45) is 0.875. The smallest absolute Gasteiger partial charge is 0.257 e. The molecule has 0 atom stereocenters. The second-order valence-corrected chi connectivity index (χ2v) is 6.66. The van der Waals surface area contributed by atoms with E-state index in [1.54, 1.807) is 11.3 Å². The van der Waals surface area contributed by atoms with Crippen molar-refractivity contribution in [2.75, 3.05) is 18.9 Å². The molecule has 0 bridgehead atoms. The van der Waals surface area contributed by atoms with Crippen LogP contribution in [0.3, 0.4) is 0 Å². The van der Waals surface area contributed by atoms with E-state index in [-0.39, 0.29) is 12.5 Å². The van der Waals surface area contributed by atoms with E-state index in [1.165, 1.54) is 0 Å². The summed E-state index contributed by atoms with van der Waals surface area (Å²) in [6, 6.07) is 11.7. The van der Waals surface area contributed by atoms with Gasteiger partial charge in [-0.2, -0.15) is 0 Å². The van der Waals surface area contributed by atoms with Gasteiger partial charge >= 0.3 is 0 Å². The summed E-state index contributed by atoms with van der Waals surface area (Å²) in [7, 11) is 1.85. The third-order valence-electron chi connectivity index (χ3n) is 3.69. The molecule has 130 valence electrons. The average molecular weight is 356 g/mol. The number of hydrogen-bond donors (Lipinski definition) is 1. The van der Waals surface area contributed by atoms with Crippen LogP contribution in [-0.2, 0) is 17.8 Å². The van der Waals surface area contributed by atoms with Crippen LogP contribution in [0.25, 0.3) is 10.8 Å². The van der Waals surface area contributed by atoms with Gasteiger partial charge in [-0.05, 0) is 36.5 Å². The Bertz CT molecular complexity index is 829. The lowest BCUT2D eigenvalue weighted by Gasteiger charge is -2.15. The third kappa shape index (κ3) is 4.52. The first-order valence-electron chi connectivity index (χ1n) is 8.08. The maximum atomic E-state index is 12.3. The fraction of sp³-hybridized carbons (Fsp3) is 0.278. The Morgan fingerprint density at radius 2 is 2.08 bits per heavy atom. The fourth-order valence-electron chi connectivity index (χ4n) is 2.49. The van der Waals surface area contributed by atoms with Gasteiger partial charge in [-0.3, -0.25) is 9.69 Å². The molecular weight excluding hydrogens is 336 g/mol. The monoisotopic (exact) mass is 356 g/mol. The van der Waals surface area contributed by atoms with Crippen molar-refractivity contribution < 1.29 is 9.21 Å². The highest BCUT2D eigenvalue weighted by Crippen LogP contribution is 2.23. The minimum atomic E-state index is -0.0682. The molecule has 1 N–H and O–H groups in total. The van der Waals surface area contributed by atoms with Crippen molar-refractivity contribution in [2.24, 2.45) is 0 Å². The predicted molar refractivity (Wildman–Crippen MR) is 98.4 cm³/mol. The van der Waals surface area contributed by atoms with Gasteiger partial charge in [-0.25, -0.2) is 0 Å². The number of hydrogen-bond acceptors (Lipinski definition) is 6. The van der Waals surface area contributed by atoms with Gasteiger partial charge in [-0.15, -0.1) is 21.5 Å². The molecule has 25 heavy (non-hydrogen) atoms. The van der Waals surface area contributed by atoms with Crippen molar-refractivity contribution >= 4 is 22.9 Å². The first kappa shape index (κ1) is 17.3. The number of benzene rings is 1. The molecule has 0 aliphatic carbocycles. The van der Waals surface area contributed by atoms with Gasteiger partial charge in [0.1, 0.15) is 0 Å². The van der Waals surface area contributed by atoms with Crippen molar-refractivity contribution in [1.29, 1.82) is 0 Å². The number of nitrogens with zero attached hydrogens (tertiary/aromatic N) is 3. The molecule has 1 aromatic carbocycles. The van der Waals surface area contributed by atoms with Crippen LogP contribution in [0.1, 0.15) is 18.4 Å². The standard InChI is InChI=1S/C18H20N4O2S/c1-3-13-7-4-5-8-14(13)19-16(23)11-22(2)12-17-20-21-18(24-17)15-9-6-10-25-15/h4-10H,3,11-12H2,1-2H3,(H,19,23). The second kappa shape index (κ2) is 8.04. The number of likely N-dealkylation sites (N-methyl/N-ethyl adjacent to an activating group) is 1. The molecule has 0 saturated heterocycles. The van der Waals surface area contributed by atoms with Gasteiger partial charge in [0.05, 0.1) is 18.0 Å². The summed E-state index contributed by atoms with van der Waals surface area (Å²) < 4.78 is 5.65. The maximum absolute atomic E-state index is 12.3. The molecule has 0 saturated carbocycles. The van der Waals surface area contributed by atoms with Gasteiger partial charge in [0.2, 0.25) is 11.8 Å². The Morgan fingerprint density at radius 1 is 1.24 bits per heavy atom. The molecule has 3 aromatic rings. The SMILES string of the molecule is CCc1ccccc1NC(=O)CN(C)Cc1nnc(-c2cccs2)o1. The highest BCUT2D eigenvalue weighted by atomic mass is 32.1. The molecule has 0 aliphatic rings. The Labute approximate surface area is 150 Å². The molecule has 0 aliphatic heterocycles. The zero-order valence-corrected chi connectivity index (χ0v) is 15.0. The van der Waals surface area contributed by atoms with Gasteiger partial charge in [0.25, 0.3) is 5.89 Å². The lowest BCUT2D eigenvalue weighted by Crippen LogP contribution is -2.30. The van der Waals surface area contributed by atoms with Crippen LogP contribution in [0.2, 0.25) is 0 Å². The van der Waals surface area contributed by atoms with Gasteiger partial charge in [0, 0.05) is 5.69 Å². The number of rotatable bonds is 7. The predicted octanol–water partition coefficient (Wildman–Crippen LogP) is 3.43. The van der Waals surface area contributed by atoms with E-state index in [9.17, 15) is 4.79 Å². The molecule has 0 spiro atoms. The molecule has 7 heteroatoms. The van der Waals surface area contributed by atoms with Crippen molar-refractivity contribution in [1.82, 2.24) is 15.1 Å². The number of carbonyl (C=O) groups is 1. The molecule has 2 aromatic heterocycles. The lowest BCUT2D eigenvalue weighted by molar-refractivity contribution is -0.117. The summed E-state index contributed by atoms with van der Waals surface area (Å²) in [6.45, 7) is 2.73. The van der Waals surface area contributed by atoms with E-state index in [1.807, 2.05) is 53.7 Å². The number of aryl methyl sites for hydroxylation is 1. The van der Waals surface area contributed by atoms with Crippen LogP contribution in [0.4, 0.5) is 5.69 Å². The van der Waals surface area contributed by atoms with Gasteiger partial charge in [-0.1, -0.05) is 31.2 Å². The number of aromatic nitrogens is 2. The fourth-order valence-corrected chi connectivity index (χ4v) is 3.13. The highest BCUT2D eigenvalue weighted by molar-refractivity contribution is 7.13. The summed E-state index contributed by atoms with van der Waals surface area (Å²) in [5.74, 6) is 0.939. The number of anilines is 1. The summed E-state index contributed by atoms with van der Waals surface area (Å²) in [5, 5.41) is 13.0. The number of carbonyl (C=O) groups excluding carboxylic acids is 1. The summed E-state index contributed by atoms with van der Waals surface area (Å²) in [5.41, 5.74) is 1.98. The molecule has 0 radical (unpaired) electrons. The van der Waals surface area contributed by atoms with Crippen LogP contribution < -0.4 is 5.32 Å². The molecule has 2 heterocycles. The quantitative estimate of drug-likeness (QED) is 0.702. The number of amides is 1. The summed E-state index contributed by atoms with van der Waals surface area (Å²) in [4.78, 5) is 15.0. The Morgan fingerprint density at radius 3 is 2.84 bits per heavy atom. The highest BCUT2D eigenvalue weighted by Gasteiger charge is 2.14. The normalized spacial score (nSPS) is 11.0. The topological polar surface area (TPSA) is 71.3 Å². The molecule has 6 nitrogen and oxygen atoms in total. The van der Waals surface area contributed by atoms with Crippen LogP contribution in [0.15, 0.2) is 46.2 Å². The largest absolute Gasteiger partial charge is 0.419 e. The van der Waals surface area contributed by atoms with E-state index in [0.29, 0.717) is 18.3 Å². The number of thiophene rings is 1. The van der Waals surface area contributed by atoms with Crippen molar-refractivity contribution in [3.63, 3.8) is 0 Å². The minimum absolute atomic E-state index is 0.0682. The van der Waals surface area contributed by atoms with E-state index in [4.69, 9.17) is 4.42 Å². The molecule has 0 fully saturated rings. The zero-order chi connectivity index (χ0) is 17.6. The van der Waals surface area contributed by atoms with Crippen LogP contribution in [0, 0.1) is 0 Å². The average Bonchev–Trinajstić information content (AvgIpc) is 3.26. The molecule has 0 unspecified atom stereocenters. The van der Waals surface area contributed by atoms with Crippen LogP contribution in [-0.4, -0.2) is 34.6 Å². The van der Waals surface area contributed by atoms with Crippen molar-refractivity contribution in [3.05, 3.63) is 53.2 Å². The molecule has 1 amide bonds. The van der Waals surface area contributed by atoms with E-state index in [0.717, 1.165) is 22.5 Å². The Balaban J connectivity index is 1.55. The number of nitrogens with one attached hydrogen (secondary N) is 1.